The molecular weight excluding hydrogens is 267 g/mol. The summed E-state index contributed by atoms with van der Waals surface area (Å²) in [6.07, 6.45) is 0. The number of nitrogens with one attached hydrogen (secondary N) is 1. The second-order valence-corrected chi connectivity index (χ2v) is 6.52. The zero-order chi connectivity index (χ0) is 15.4. The van der Waals surface area contributed by atoms with Crippen LogP contribution >= 0.6 is 0 Å². The van der Waals surface area contributed by atoms with E-state index in [4.69, 9.17) is 9.31 Å². The summed E-state index contributed by atoms with van der Waals surface area (Å²) >= 11 is 0. The molecule has 1 aliphatic rings. The van der Waals surface area contributed by atoms with Crippen LogP contribution in [0.3, 0.4) is 0 Å². The molecule has 1 fully saturated rings. The number of H-pyrrole nitrogens is 1. The topological polar surface area (TPSA) is 64.2 Å². The molecule has 0 radical (unpaired) electrons. The van der Waals surface area contributed by atoms with Crippen LogP contribution in [0.25, 0.3) is 10.9 Å². The predicted octanol–water partition coefficient (Wildman–Crippen LogP) is 1.53. The first-order chi connectivity index (χ1) is 9.69. The van der Waals surface area contributed by atoms with Crippen molar-refractivity contribution in [1.29, 1.82) is 0 Å². The Morgan fingerprint density at radius 3 is 2.38 bits per heavy atom. The van der Waals surface area contributed by atoms with E-state index in [2.05, 4.69) is 9.97 Å². The summed E-state index contributed by atoms with van der Waals surface area (Å²) in [5, 5.41) is 0.549. The summed E-state index contributed by atoms with van der Waals surface area (Å²) in [6, 6.07) is 5.52. The number of hydrogen-bond donors (Lipinski definition) is 1. The first-order valence-corrected chi connectivity index (χ1v) is 7.06. The number of fused-ring (bicyclic) bond motifs is 1. The molecule has 2 aromatic rings. The van der Waals surface area contributed by atoms with E-state index in [0.717, 1.165) is 5.46 Å². The predicted molar refractivity (Wildman–Crippen MR) is 82.8 cm³/mol. The number of aryl methyl sites for hydroxylation is 1. The summed E-state index contributed by atoms with van der Waals surface area (Å²) in [4.78, 5) is 19.1. The zero-order valence-electron chi connectivity index (χ0n) is 13.0. The van der Waals surface area contributed by atoms with Gasteiger partial charge in [-0.2, -0.15) is 0 Å². The molecule has 0 unspecified atom stereocenters. The Bertz CT molecular complexity index is 751. The Labute approximate surface area is 123 Å². The van der Waals surface area contributed by atoms with Crippen LogP contribution in [0.4, 0.5) is 0 Å². The highest BCUT2D eigenvalue weighted by Crippen LogP contribution is 2.36. The van der Waals surface area contributed by atoms with E-state index in [1.165, 1.54) is 0 Å². The molecule has 0 spiro atoms. The first-order valence-electron chi connectivity index (χ1n) is 7.06. The molecule has 1 saturated heterocycles. The monoisotopic (exact) mass is 286 g/mol. The summed E-state index contributed by atoms with van der Waals surface area (Å²) in [5.41, 5.74) is 0.569. The molecule has 1 aliphatic heterocycles. The second-order valence-electron chi connectivity index (χ2n) is 6.52. The van der Waals surface area contributed by atoms with Crippen molar-refractivity contribution in [2.24, 2.45) is 0 Å². The minimum atomic E-state index is -0.472. The van der Waals surface area contributed by atoms with Crippen molar-refractivity contribution in [2.45, 2.75) is 45.8 Å². The van der Waals surface area contributed by atoms with Crippen LogP contribution in [0.1, 0.15) is 33.5 Å². The lowest BCUT2D eigenvalue weighted by atomic mass is 9.78. The van der Waals surface area contributed by atoms with Crippen molar-refractivity contribution in [2.75, 3.05) is 0 Å². The maximum absolute atomic E-state index is 12.0. The summed E-state index contributed by atoms with van der Waals surface area (Å²) in [5.74, 6) is 0.607. The van der Waals surface area contributed by atoms with Crippen LogP contribution in [-0.2, 0) is 9.31 Å². The number of benzene rings is 1. The van der Waals surface area contributed by atoms with Crippen molar-refractivity contribution in [3.63, 3.8) is 0 Å². The molecule has 21 heavy (non-hydrogen) atoms. The molecule has 0 aliphatic carbocycles. The smallest absolute Gasteiger partial charge is 0.399 e. The molecule has 2 heterocycles. The van der Waals surface area contributed by atoms with E-state index in [1.54, 1.807) is 13.0 Å². The fraction of sp³-hybridized carbons (Fsp3) is 0.467. The van der Waals surface area contributed by atoms with Crippen molar-refractivity contribution < 1.29 is 9.31 Å². The molecule has 110 valence electrons. The lowest BCUT2D eigenvalue weighted by Crippen LogP contribution is -2.41. The van der Waals surface area contributed by atoms with Gasteiger partial charge >= 0.3 is 7.12 Å². The van der Waals surface area contributed by atoms with Crippen LogP contribution in [0.2, 0.25) is 0 Å². The minimum absolute atomic E-state index is 0.143. The fourth-order valence-corrected chi connectivity index (χ4v) is 2.40. The number of nitrogens with zero attached hydrogens (tertiary/aromatic N) is 1. The molecule has 1 N–H and O–H groups in total. The zero-order valence-corrected chi connectivity index (χ0v) is 13.0. The van der Waals surface area contributed by atoms with E-state index in [9.17, 15) is 4.79 Å². The Morgan fingerprint density at radius 1 is 1.14 bits per heavy atom. The summed E-state index contributed by atoms with van der Waals surface area (Å²) < 4.78 is 12.0. The molecule has 0 bridgehead atoms. The third-order valence-corrected chi connectivity index (χ3v) is 4.37. The Kier molecular flexibility index (Phi) is 3.01. The average molecular weight is 286 g/mol. The Hall–Kier alpha value is -1.66. The van der Waals surface area contributed by atoms with Gasteiger partial charge in [-0.1, -0.05) is 6.07 Å². The lowest BCUT2D eigenvalue weighted by Gasteiger charge is -2.32. The van der Waals surface area contributed by atoms with Gasteiger partial charge in [-0.3, -0.25) is 4.79 Å². The van der Waals surface area contributed by atoms with Gasteiger partial charge in [0.25, 0.3) is 5.56 Å². The average Bonchev–Trinajstić information content (AvgIpc) is 2.58. The molecule has 0 saturated carbocycles. The van der Waals surface area contributed by atoms with E-state index in [0.29, 0.717) is 16.7 Å². The van der Waals surface area contributed by atoms with Gasteiger partial charge in [0.2, 0.25) is 0 Å². The highest BCUT2D eigenvalue weighted by Gasteiger charge is 2.51. The van der Waals surface area contributed by atoms with E-state index in [1.807, 2.05) is 39.8 Å². The molecular formula is C15H19BN2O3. The summed E-state index contributed by atoms with van der Waals surface area (Å²) in [7, 11) is -0.472. The van der Waals surface area contributed by atoms with Crippen LogP contribution in [-0.4, -0.2) is 28.3 Å². The normalized spacial score (nSPS) is 20.1. The van der Waals surface area contributed by atoms with E-state index >= 15 is 0 Å². The van der Waals surface area contributed by atoms with Crippen LogP contribution in [0, 0.1) is 6.92 Å². The molecule has 0 amide bonds. The van der Waals surface area contributed by atoms with Gasteiger partial charge in [0.1, 0.15) is 5.82 Å². The van der Waals surface area contributed by atoms with Crippen molar-refractivity contribution in [3.05, 3.63) is 34.4 Å². The van der Waals surface area contributed by atoms with Gasteiger partial charge in [0.15, 0.2) is 0 Å². The van der Waals surface area contributed by atoms with Crippen LogP contribution in [0.15, 0.2) is 23.0 Å². The minimum Gasteiger partial charge on any atom is -0.399 e. The quantitative estimate of drug-likeness (QED) is 0.807. The van der Waals surface area contributed by atoms with Gasteiger partial charge in [-0.05, 0) is 52.2 Å². The van der Waals surface area contributed by atoms with E-state index < -0.39 is 18.3 Å². The highest BCUT2D eigenvalue weighted by molar-refractivity contribution is 6.62. The maximum Gasteiger partial charge on any atom is 0.494 e. The Balaban J connectivity index is 2.05. The molecule has 0 atom stereocenters. The van der Waals surface area contributed by atoms with Gasteiger partial charge in [0, 0.05) is 0 Å². The third-order valence-electron chi connectivity index (χ3n) is 4.37. The highest BCUT2D eigenvalue weighted by atomic mass is 16.7. The van der Waals surface area contributed by atoms with Crippen molar-refractivity contribution in [3.8, 4) is 0 Å². The maximum atomic E-state index is 12.0. The first kappa shape index (κ1) is 14.3. The molecule has 1 aromatic heterocycles. The number of aromatic nitrogens is 2. The summed E-state index contributed by atoms with van der Waals surface area (Å²) in [6.45, 7) is 9.79. The molecule has 6 heteroatoms. The van der Waals surface area contributed by atoms with Crippen molar-refractivity contribution >= 4 is 23.5 Å². The second kappa shape index (κ2) is 4.42. The van der Waals surface area contributed by atoms with Gasteiger partial charge in [-0.25, -0.2) is 4.98 Å². The van der Waals surface area contributed by atoms with E-state index in [-0.39, 0.29) is 5.56 Å². The van der Waals surface area contributed by atoms with Crippen molar-refractivity contribution in [1.82, 2.24) is 9.97 Å². The Morgan fingerprint density at radius 2 is 1.76 bits per heavy atom. The van der Waals surface area contributed by atoms with Gasteiger partial charge in [0.05, 0.1) is 22.1 Å². The largest absolute Gasteiger partial charge is 0.494 e. The third kappa shape index (κ3) is 2.28. The molecule has 3 rings (SSSR count). The van der Waals surface area contributed by atoms with Gasteiger partial charge in [-0.15, -0.1) is 0 Å². The fourth-order valence-electron chi connectivity index (χ4n) is 2.40. The SMILES string of the molecule is Cc1nc2ccc(B3OC(C)(C)C(C)(C)O3)cc2c(=O)[nH]1. The van der Waals surface area contributed by atoms with Crippen LogP contribution < -0.4 is 11.0 Å². The number of hydrogen-bond acceptors (Lipinski definition) is 4. The lowest BCUT2D eigenvalue weighted by molar-refractivity contribution is 0.00578. The van der Waals surface area contributed by atoms with Crippen LogP contribution in [0.5, 0.6) is 0 Å². The molecule has 1 aromatic carbocycles. The molecule has 5 nitrogen and oxygen atoms in total. The number of aromatic amines is 1. The number of rotatable bonds is 1. The van der Waals surface area contributed by atoms with Gasteiger partial charge < -0.3 is 14.3 Å². The standard InChI is InChI=1S/C15H19BN2O3/c1-9-17-12-7-6-10(8-11(12)13(19)18-9)16-20-14(2,3)15(4,5)21-16/h6-8H,1-5H3,(H,17,18,19).